The molecule has 1 aliphatic rings. The summed E-state index contributed by atoms with van der Waals surface area (Å²) in [5.74, 6) is -0.509. The van der Waals surface area contributed by atoms with Gasteiger partial charge in [-0.3, -0.25) is 9.46 Å². The molecule has 0 saturated carbocycles. The highest BCUT2D eigenvalue weighted by Gasteiger charge is 2.42. The van der Waals surface area contributed by atoms with Gasteiger partial charge in [-0.25, -0.2) is 0 Å². The van der Waals surface area contributed by atoms with Gasteiger partial charge < -0.3 is 9.05 Å². The predicted octanol–water partition coefficient (Wildman–Crippen LogP) is 7.17. The maximum atomic E-state index is 13.7. The molecule has 0 N–H and O–H groups in total. The lowest BCUT2D eigenvalue weighted by Crippen LogP contribution is -2.30. The largest absolute Gasteiger partial charge is 0.351 e. The highest BCUT2D eigenvalue weighted by Crippen LogP contribution is 2.62. The van der Waals surface area contributed by atoms with Crippen LogP contribution >= 0.6 is 39.5 Å². The van der Waals surface area contributed by atoms with Gasteiger partial charge in [0.1, 0.15) is 5.78 Å². The van der Waals surface area contributed by atoms with Crippen LogP contribution in [-0.2, 0) is 20.2 Å². The minimum absolute atomic E-state index is 0.509. The Labute approximate surface area is 195 Å². The summed E-state index contributed by atoms with van der Waals surface area (Å²) in [5.41, 5.74) is 4.27. The zero-order valence-electron chi connectivity index (χ0n) is 17.1. The summed E-state index contributed by atoms with van der Waals surface area (Å²) in [4.78, 5) is 2.19. The monoisotopic (exact) mass is 553 g/mol. The quantitative estimate of drug-likeness (QED) is 0.256. The Balaban J connectivity index is 2.09. The molecule has 0 amide bonds. The number of benzene rings is 2. The Kier molecular flexibility index (Phi) is 8.70. The lowest BCUT2D eigenvalue weighted by atomic mass is 10.1. The number of nitrogens with zero attached hydrogens (tertiary/aromatic N) is 1. The molecule has 1 unspecified atom stereocenters. The summed E-state index contributed by atoms with van der Waals surface area (Å²) in [7, 11) is -0.509. The van der Waals surface area contributed by atoms with Crippen molar-refractivity contribution in [3.63, 3.8) is 0 Å². The minimum atomic E-state index is -3.43. The molecule has 4 nitrogen and oxygen atoms in total. The highest BCUT2D eigenvalue weighted by molar-refractivity contribution is 9.10. The Morgan fingerprint density at radius 2 is 1.83 bits per heavy atom. The first-order chi connectivity index (χ1) is 14.5. The third kappa shape index (κ3) is 5.61. The molecule has 7 heteroatoms. The van der Waals surface area contributed by atoms with Gasteiger partial charge in [-0.2, -0.15) is 0 Å². The molecule has 2 aromatic rings. The Hall–Kier alpha value is -1.01. The molecule has 2 aromatic carbocycles. The summed E-state index contributed by atoms with van der Waals surface area (Å²) in [5, 5.41) is 0.918. The van der Waals surface area contributed by atoms with E-state index in [1.54, 1.807) is 0 Å². The van der Waals surface area contributed by atoms with E-state index in [9.17, 15) is 4.57 Å². The zero-order valence-corrected chi connectivity index (χ0v) is 21.2. The van der Waals surface area contributed by atoms with E-state index in [2.05, 4.69) is 73.2 Å². The molecule has 0 aromatic heterocycles. The first-order valence-electron chi connectivity index (χ1n) is 9.72. The van der Waals surface area contributed by atoms with Crippen LogP contribution < -0.4 is 0 Å². The summed E-state index contributed by atoms with van der Waals surface area (Å²) in [6.45, 7) is 1.25. The Bertz CT molecular complexity index is 951. The molecule has 0 bridgehead atoms. The van der Waals surface area contributed by atoms with Gasteiger partial charge in [-0.15, -0.1) is 0 Å². The minimum Gasteiger partial charge on any atom is -0.311 e. The van der Waals surface area contributed by atoms with Gasteiger partial charge in [0.05, 0.1) is 0 Å². The lowest BCUT2D eigenvalue weighted by molar-refractivity contribution is 0.194. The molecule has 1 atom stereocenters. The van der Waals surface area contributed by atoms with Crippen molar-refractivity contribution in [3.05, 3.63) is 87.4 Å². The van der Waals surface area contributed by atoms with Gasteiger partial charge in [0, 0.05) is 37.1 Å². The molecular weight excluding hydrogens is 529 g/mol. The molecule has 1 aliphatic heterocycles. The summed E-state index contributed by atoms with van der Waals surface area (Å²) < 4.78 is 25.7. The van der Waals surface area contributed by atoms with Gasteiger partial charge in [-0.05, 0) is 40.8 Å². The van der Waals surface area contributed by atoms with Crippen LogP contribution in [0.4, 0.5) is 0 Å². The third-order valence-corrected chi connectivity index (χ3v) is 8.27. The van der Waals surface area contributed by atoms with E-state index in [0.29, 0.717) is 13.1 Å². The fraction of sp³-hybridized carbons (Fsp3) is 0.304. The summed E-state index contributed by atoms with van der Waals surface area (Å²) >= 11 is 6.97. The smallest absolute Gasteiger partial charge is 0.311 e. The van der Waals surface area contributed by atoms with E-state index >= 15 is 0 Å². The number of halogens is 2. The van der Waals surface area contributed by atoms with Crippen molar-refractivity contribution in [1.29, 1.82) is 0 Å². The van der Waals surface area contributed by atoms with Crippen LogP contribution in [0, 0.1) is 0 Å². The third-order valence-electron chi connectivity index (χ3n) is 5.06. The molecule has 30 heavy (non-hydrogen) atoms. The molecule has 0 radical (unpaired) electrons. The van der Waals surface area contributed by atoms with Crippen LogP contribution in [0.2, 0.25) is 0 Å². The lowest BCUT2D eigenvalue weighted by Gasteiger charge is -2.34. The van der Waals surface area contributed by atoms with Crippen LogP contribution in [-0.4, -0.2) is 31.0 Å². The van der Waals surface area contributed by atoms with Gasteiger partial charge in [-0.1, -0.05) is 86.5 Å². The molecule has 3 rings (SSSR count). The van der Waals surface area contributed by atoms with Gasteiger partial charge in [0.2, 0.25) is 0 Å². The van der Waals surface area contributed by atoms with Crippen molar-refractivity contribution in [2.75, 3.05) is 26.1 Å². The molecule has 160 valence electrons. The fourth-order valence-corrected chi connectivity index (χ4v) is 5.87. The fourth-order valence-electron chi connectivity index (χ4n) is 3.65. The van der Waals surface area contributed by atoms with Crippen molar-refractivity contribution in [3.8, 4) is 0 Å². The first kappa shape index (κ1) is 23.6. The SMILES string of the molecule is COP(=O)(OC)C1c2ccccc2C=C(/C=C/CCBr)CN1Cc1ccc(Br)cc1. The van der Waals surface area contributed by atoms with Crippen LogP contribution in [0.5, 0.6) is 0 Å². The zero-order chi connectivity index (χ0) is 21.6. The van der Waals surface area contributed by atoms with Gasteiger partial charge in [0.25, 0.3) is 0 Å². The second-order valence-corrected chi connectivity index (χ2v) is 11.0. The normalized spacial score (nSPS) is 17.6. The van der Waals surface area contributed by atoms with Crippen LogP contribution in [0.1, 0.15) is 28.9 Å². The van der Waals surface area contributed by atoms with Crippen LogP contribution in [0.25, 0.3) is 6.08 Å². The number of hydrogen-bond acceptors (Lipinski definition) is 4. The molecular formula is C23H26Br2NO3P. The van der Waals surface area contributed by atoms with E-state index in [-0.39, 0.29) is 0 Å². The van der Waals surface area contributed by atoms with Gasteiger partial charge >= 0.3 is 7.60 Å². The average Bonchev–Trinajstić information content (AvgIpc) is 2.91. The van der Waals surface area contributed by atoms with E-state index in [1.165, 1.54) is 14.2 Å². The maximum absolute atomic E-state index is 13.7. The van der Waals surface area contributed by atoms with Crippen molar-refractivity contribution in [2.45, 2.75) is 18.7 Å². The van der Waals surface area contributed by atoms with Crippen molar-refractivity contribution >= 4 is 45.5 Å². The Morgan fingerprint density at radius 1 is 1.13 bits per heavy atom. The number of hydrogen-bond donors (Lipinski definition) is 0. The van der Waals surface area contributed by atoms with Crippen molar-refractivity contribution in [1.82, 2.24) is 4.90 Å². The molecule has 0 aliphatic carbocycles. The molecule has 1 heterocycles. The second-order valence-electron chi connectivity index (χ2n) is 7.04. The molecule has 0 fully saturated rings. The van der Waals surface area contributed by atoms with E-state index in [4.69, 9.17) is 9.05 Å². The molecule has 0 saturated heterocycles. The number of fused-ring (bicyclic) bond motifs is 1. The first-order valence-corrected chi connectivity index (χ1v) is 13.2. The van der Waals surface area contributed by atoms with E-state index in [0.717, 1.165) is 38.5 Å². The molecule has 0 spiro atoms. The summed E-state index contributed by atoms with van der Waals surface area (Å²) in [6.07, 6.45) is 7.43. The van der Waals surface area contributed by atoms with Gasteiger partial charge in [0.15, 0.2) is 0 Å². The van der Waals surface area contributed by atoms with E-state index < -0.39 is 13.4 Å². The van der Waals surface area contributed by atoms with Crippen molar-refractivity contribution < 1.29 is 13.6 Å². The number of rotatable bonds is 8. The van der Waals surface area contributed by atoms with Crippen molar-refractivity contribution in [2.24, 2.45) is 0 Å². The number of allylic oxidation sites excluding steroid dienone is 1. The number of alkyl halides is 1. The Morgan fingerprint density at radius 3 is 2.50 bits per heavy atom. The summed E-state index contributed by atoms with van der Waals surface area (Å²) in [6, 6.07) is 16.2. The standard InChI is InChI=1S/C23H26Br2NO3P/c1-28-30(27,29-2)23-22-9-4-3-8-20(22)15-19(7-5-6-14-24)17-26(23)16-18-10-12-21(25)13-11-18/h3-5,7-13,15,23H,6,14,16-17H2,1-2H3/b7-5+. The maximum Gasteiger partial charge on any atom is 0.351 e. The highest BCUT2D eigenvalue weighted by atomic mass is 79.9. The van der Waals surface area contributed by atoms with Crippen LogP contribution in [0.15, 0.2) is 70.7 Å². The predicted molar refractivity (Wildman–Crippen MR) is 131 cm³/mol. The average molecular weight is 555 g/mol. The second kappa shape index (κ2) is 11.0. The van der Waals surface area contributed by atoms with E-state index in [1.807, 2.05) is 30.3 Å². The van der Waals surface area contributed by atoms with Crippen LogP contribution in [0.3, 0.4) is 0 Å². The topological polar surface area (TPSA) is 38.8 Å².